The van der Waals surface area contributed by atoms with Gasteiger partial charge in [-0.15, -0.1) is 0 Å². The zero-order valence-electron chi connectivity index (χ0n) is 10.4. The minimum absolute atomic E-state index is 0.0178. The summed E-state index contributed by atoms with van der Waals surface area (Å²) < 4.78 is 0. The Bertz CT molecular complexity index is 321. The number of carbonyl (C=O) groups is 2. The first kappa shape index (κ1) is 12.4. The number of carboxylic acid groups (broad SMARTS) is 1. The quantitative estimate of drug-likeness (QED) is 0.761. The molecule has 2 fully saturated rings. The summed E-state index contributed by atoms with van der Waals surface area (Å²) in [5.41, 5.74) is -0.0178. The van der Waals surface area contributed by atoms with Gasteiger partial charge >= 0.3 is 5.97 Å². The van der Waals surface area contributed by atoms with Crippen molar-refractivity contribution in [1.29, 1.82) is 0 Å². The Labute approximate surface area is 102 Å². The van der Waals surface area contributed by atoms with Crippen LogP contribution in [-0.4, -0.2) is 34.0 Å². The second-order valence-corrected chi connectivity index (χ2v) is 5.49. The molecule has 1 heterocycles. The molecule has 0 bridgehead atoms. The molecular formula is C13H21NO3. The highest BCUT2D eigenvalue weighted by molar-refractivity contribution is 5.76. The third-order valence-corrected chi connectivity index (χ3v) is 4.45. The summed E-state index contributed by atoms with van der Waals surface area (Å²) in [6.45, 7) is 1.98. The van der Waals surface area contributed by atoms with E-state index in [4.69, 9.17) is 5.11 Å². The molecule has 0 aromatic carbocycles. The molecule has 1 atom stereocenters. The van der Waals surface area contributed by atoms with Gasteiger partial charge < -0.3 is 10.0 Å². The van der Waals surface area contributed by atoms with Crippen LogP contribution in [-0.2, 0) is 9.59 Å². The maximum Gasteiger partial charge on any atom is 0.308 e. The monoisotopic (exact) mass is 239 g/mol. The molecule has 2 aliphatic rings. The lowest BCUT2D eigenvalue weighted by Gasteiger charge is -2.50. The van der Waals surface area contributed by atoms with Crippen LogP contribution in [0.5, 0.6) is 0 Å². The van der Waals surface area contributed by atoms with E-state index in [1.165, 1.54) is 19.3 Å². The number of hydrogen-bond donors (Lipinski definition) is 1. The Morgan fingerprint density at radius 3 is 2.35 bits per heavy atom. The van der Waals surface area contributed by atoms with Gasteiger partial charge in [-0.05, 0) is 25.7 Å². The van der Waals surface area contributed by atoms with Crippen molar-refractivity contribution in [3.8, 4) is 0 Å². The third kappa shape index (κ3) is 2.31. The number of likely N-dealkylation sites (tertiary alicyclic amines) is 1. The van der Waals surface area contributed by atoms with Gasteiger partial charge in [0.2, 0.25) is 5.91 Å². The van der Waals surface area contributed by atoms with Gasteiger partial charge in [0.15, 0.2) is 0 Å². The van der Waals surface area contributed by atoms with Crippen LogP contribution in [0.15, 0.2) is 0 Å². The molecule has 1 spiro atoms. The highest BCUT2D eigenvalue weighted by atomic mass is 16.4. The third-order valence-electron chi connectivity index (χ3n) is 4.45. The largest absolute Gasteiger partial charge is 0.481 e. The van der Waals surface area contributed by atoms with Crippen molar-refractivity contribution in [2.45, 2.75) is 57.4 Å². The van der Waals surface area contributed by atoms with E-state index >= 15 is 0 Å². The standard InChI is InChI=1S/C13H21NO3/c1-10(15)14-9-11(12(16)17)5-8-13(14)6-3-2-4-7-13/h11H,2-9H2,1H3,(H,16,17). The van der Waals surface area contributed by atoms with E-state index in [1.807, 2.05) is 4.90 Å². The van der Waals surface area contributed by atoms with Gasteiger partial charge in [0.05, 0.1) is 5.92 Å². The van der Waals surface area contributed by atoms with Crippen LogP contribution in [0.3, 0.4) is 0 Å². The summed E-state index contributed by atoms with van der Waals surface area (Å²) in [6, 6.07) is 0. The number of amides is 1. The minimum Gasteiger partial charge on any atom is -0.481 e. The number of hydrogen-bond acceptors (Lipinski definition) is 2. The summed E-state index contributed by atoms with van der Waals surface area (Å²) in [5.74, 6) is -1.09. The van der Waals surface area contributed by atoms with Crippen molar-refractivity contribution in [3.05, 3.63) is 0 Å². The summed E-state index contributed by atoms with van der Waals surface area (Å²) in [5, 5.41) is 9.09. The van der Waals surface area contributed by atoms with Crippen LogP contribution in [0, 0.1) is 5.92 Å². The van der Waals surface area contributed by atoms with Crippen LogP contribution >= 0.6 is 0 Å². The van der Waals surface area contributed by atoms with Crippen LogP contribution in [0.25, 0.3) is 0 Å². The lowest BCUT2D eigenvalue weighted by Crippen LogP contribution is -2.57. The Morgan fingerprint density at radius 2 is 1.82 bits per heavy atom. The number of carbonyl (C=O) groups excluding carboxylic acids is 1. The second kappa shape index (κ2) is 4.67. The summed E-state index contributed by atoms with van der Waals surface area (Å²) >= 11 is 0. The Kier molecular flexibility index (Phi) is 3.40. The van der Waals surface area contributed by atoms with Crippen LogP contribution in [0.4, 0.5) is 0 Å². The topological polar surface area (TPSA) is 57.6 Å². The fraction of sp³-hybridized carbons (Fsp3) is 0.846. The van der Waals surface area contributed by atoms with Crippen molar-refractivity contribution in [2.75, 3.05) is 6.54 Å². The number of piperidine rings is 1. The lowest BCUT2D eigenvalue weighted by atomic mass is 9.72. The van der Waals surface area contributed by atoms with Crippen molar-refractivity contribution in [1.82, 2.24) is 4.90 Å². The molecular weight excluding hydrogens is 218 g/mol. The van der Waals surface area contributed by atoms with Gasteiger partial charge in [-0.1, -0.05) is 19.3 Å². The first-order valence-electron chi connectivity index (χ1n) is 6.56. The molecule has 17 heavy (non-hydrogen) atoms. The Balaban J connectivity index is 2.16. The molecule has 1 unspecified atom stereocenters. The molecule has 1 saturated carbocycles. The van der Waals surface area contributed by atoms with Gasteiger partial charge in [0.25, 0.3) is 0 Å². The predicted octanol–water partition coefficient (Wildman–Crippen LogP) is 2.03. The second-order valence-electron chi connectivity index (χ2n) is 5.49. The van der Waals surface area contributed by atoms with E-state index in [0.717, 1.165) is 25.7 Å². The number of nitrogens with zero attached hydrogens (tertiary/aromatic N) is 1. The molecule has 0 aromatic heterocycles. The molecule has 4 heteroatoms. The van der Waals surface area contributed by atoms with E-state index in [2.05, 4.69) is 0 Å². The molecule has 2 rings (SSSR count). The summed E-state index contributed by atoms with van der Waals surface area (Å²) in [6.07, 6.45) is 7.28. The van der Waals surface area contributed by atoms with Gasteiger partial charge in [-0.25, -0.2) is 0 Å². The number of aliphatic carboxylic acids is 1. The smallest absolute Gasteiger partial charge is 0.308 e. The average Bonchev–Trinajstić information content (AvgIpc) is 2.30. The molecule has 4 nitrogen and oxygen atoms in total. The number of carboxylic acids is 1. The predicted molar refractivity (Wildman–Crippen MR) is 63.6 cm³/mol. The molecule has 0 aromatic rings. The fourth-order valence-electron chi connectivity index (χ4n) is 3.48. The SMILES string of the molecule is CC(=O)N1CC(C(=O)O)CCC12CCCCC2. The highest BCUT2D eigenvalue weighted by Gasteiger charge is 2.44. The first-order chi connectivity index (χ1) is 8.05. The van der Waals surface area contributed by atoms with E-state index in [1.54, 1.807) is 6.92 Å². The molecule has 1 amide bonds. The van der Waals surface area contributed by atoms with Crippen molar-refractivity contribution < 1.29 is 14.7 Å². The normalized spacial score (nSPS) is 28.1. The van der Waals surface area contributed by atoms with Crippen LogP contribution < -0.4 is 0 Å². The Morgan fingerprint density at radius 1 is 1.18 bits per heavy atom. The van der Waals surface area contributed by atoms with Crippen molar-refractivity contribution >= 4 is 11.9 Å². The lowest BCUT2D eigenvalue weighted by molar-refractivity contribution is -0.151. The maximum atomic E-state index is 11.8. The highest BCUT2D eigenvalue weighted by Crippen LogP contribution is 2.42. The summed E-state index contributed by atoms with van der Waals surface area (Å²) in [4.78, 5) is 24.7. The first-order valence-corrected chi connectivity index (χ1v) is 6.56. The maximum absolute atomic E-state index is 11.8. The zero-order valence-corrected chi connectivity index (χ0v) is 10.4. The zero-order chi connectivity index (χ0) is 12.5. The molecule has 1 N–H and O–H groups in total. The molecule has 1 aliphatic heterocycles. The van der Waals surface area contributed by atoms with Crippen LogP contribution in [0.2, 0.25) is 0 Å². The van der Waals surface area contributed by atoms with Gasteiger partial charge in [-0.3, -0.25) is 9.59 Å². The Hall–Kier alpha value is -1.06. The molecule has 1 saturated heterocycles. The molecule has 1 aliphatic carbocycles. The average molecular weight is 239 g/mol. The minimum atomic E-state index is -0.762. The van der Waals surface area contributed by atoms with Gasteiger partial charge in [0, 0.05) is 19.0 Å². The fourth-order valence-corrected chi connectivity index (χ4v) is 3.48. The van der Waals surface area contributed by atoms with Crippen LogP contribution in [0.1, 0.15) is 51.9 Å². The molecule has 96 valence electrons. The number of rotatable bonds is 1. The van der Waals surface area contributed by atoms with Crippen molar-refractivity contribution in [2.24, 2.45) is 5.92 Å². The molecule has 0 radical (unpaired) electrons. The summed E-state index contributed by atoms with van der Waals surface area (Å²) in [7, 11) is 0. The van der Waals surface area contributed by atoms with Crippen molar-refractivity contribution in [3.63, 3.8) is 0 Å². The van der Waals surface area contributed by atoms with Gasteiger partial charge in [-0.2, -0.15) is 0 Å². The van der Waals surface area contributed by atoms with E-state index in [9.17, 15) is 9.59 Å². The van der Waals surface area contributed by atoms with Gasteiger partial charge in [0.1, 0.15) is 0 Å². The van der Waals surface area contributed by atoms with E-state index < -0.39 is 5.97 Å². The van der Waals surface area contributed by atoms with E-state index in [-0.39, 0.29) is 17.4 Å². The van der Waals surface area contributed by atoms with E-state index in [0.29, 0.717) is 6.54 Å².